The van der Waals surface area contributed by atoms with Gasteiger partial charge in [0.15, 0.2) is 0 Å². The summed E-state index contributed by atoms with van der Waals surface area (Å²) >= 11 is 0. The van der Waals surface area contributed by atoms with Crippen molar-refractivity contribution in [1.82, 2.24) is 0 Å². The maximum atomic E-state index is 3.34. The minimum Gasteiger partial charge on any atom is -0.0996 e. The van der Waals surface area contributed by atoms with Crippen molar-refractivity contribution in [2.24, 2.45) is 23.2 Å². The molecule has 10 heavy (non-hydrogen) atoms. The van der Waals surface area contributed by atoms with Crippen LogP contribution in [0, 0.1) is 35.0 Å². The third kappa shape index (κ3) is 0.539. The molecule has 3 atom stereocenters. The van der Waals surface area contributed by atoms with E-state index in [1.165, 1.54) is 6.42 Å². The molecule has 0 aliphatic heterocycles. The van der Waals surface area contributed by atoms with Crippen molar-refractivity contribution >= 4 is 0 Å². The van der Waals surface area contributed by atoms with Crippen molar-refractivity contribution in [2.75, 3.05) is 0 Å². The third-order valence-electron chi connectivity index (χ3n) is 3.43. The highest BCUT2D eigenvalue weighted by Gasteiger charge is 2.51. The molecule has 0 nitrogen and oxygen atoms in total. The lowest BCUT2D eigenvalue weighted by atomic mass is 9.49. The van der Waals surface area contributed by atoms with E-state index < -0.39 is 0 Å². The predicted molar refractivity (Wildman–Crippen MR) is 42.3 cm³/mol. The fourth-order valence-corrected chi connectivity index (χ4v) is 2.39. The van der Waals surface area contributed by atoms with Gasteiger partial charge in [-0.1, -0.05) is 32.6 Å². The second-order valence-electron chi connectivity index (χ2n) is 4.29. The van der Waals surface area contributed by atoms with Crippen molar-refractivity contribution in [1.29, 1.82) is 0 Å². The number of rotatable bonds is 0. The molecule has 0 N–H and O–H groups in total. The van der Waals surface area contributed by atoms with Crippen molar-refractivity contribution in [2.45, 2.75) is 27.2 Å². The van der Waals surface area contributed by atoms with E-state index in [1.807, 2.05) is 0 Å². The van der Waals surface area contributed by atoms with E-state index >= 15 is 0 Å². The zero-order chi connectivity index (χ0) is 7.35. The highest BCUT2D eigenvalue weighted by Crippen LogP contribution is 2.56. The van der Waals surface area contributed by atoms with Crippen LogP contribution in [0.2, 0.25) is 0 Å². The molecule has 0 aromatic carbocycles. The zero-order valence-electron chi connectivity index (χ0n) is 6.94. The van der Waals surface area contributed by atoms with Crippen LogP contribution >= 0.6 is 0 Å². The molecule has 0 radical (unpaired) electrons. The summed E-state index contributed by atoms with van der Waals surface area (Å²) in [7, 11) is 0. The first-order valence-electron chi connectivity index (χ1n) is 4.13. The Balaban J connectivity index is 2.33. The fourth-order valence-electron chi connectivity index (χ4n) is 2.39. The van der Waals surface area contributed by atoms with E-state index in [2.05, 4.69) is 32.6 Å². The Labute approximate surface area is 63.0 Å². The molecule has 3 rings (SSSR count). The summed E-state index contributed by atoms with van der Waals surface area (Å²) in [6.45, 7) is 6.97. The normalized spacial score (nSPS) is 46.9. The average molecular weight is 134 g/mol. The van der Waals surface area contributed by atoms with Crippen LogP contribution in [-0.2, 0) is 0 Å². The largest absolute Gasteiger partial charge is 0.0996 e. The SMILES string of the molecule is CC1C#C[C@@H]2C[C@@H]1C2(C)C. The van der Waals surface area contributed by atoms with Crippen LogP contribution in [0.5, 0.6) is 0 Å². The summed E-state index contributed by atoms with van der Waals surface area (Å²) in [4.78, 5) is 0. The first kappa shape index (κ1) is 6.28. The zero-order valence-corrected chi connectivity index (χ0v) is 6.94. The molecule has 0 amide bonds. The molecule has 3 aliphatic rings. The van der Waals surface area contributed by atoms with Crippen molar-refractivity contribution < 1.29 is 0 Å². The van der Waals surface area contributed by atoms with Crippen LogP contribution in [0.1, 0.15) is 27.2 Å². The molecular formula is C10H14. The third-order valence-corrected chi connectivity index (χ3v) is 3.43. The van der Waals surface area contributed by atoms with E-state index in [1.54, 1.807) is 0 Å². The van der Waals surface area contributed by atoms with Crippen molar-refractivity contribution in [3.05, 3.63) is 0 Å². The van der Waals surface area contributed by atoms with E-state index in [4.69, 9.17) is 0 Å². The lowest BCUT2D eigenvalue weighted by Gasteiger charge is -2.54. The molecule has 0 aromatic rings. The van der Waals surface area contributed by atoms with Gasteiger partial charge in [0.05, 0.1) is 0 Å². The Morgan fingerprint density at radius 2 is 2.00 bits per heavy atom. The summed E-state index contributed by atoms with van der Waals surface area (Å²) in [5.74, 6) is 8.88. The number of hydrogen-bond acceptors (Lipinski definition) is 0. The molecule has 0 saturated heterocycles. The first-order chi connectivity index (χ1) is 4.62. The molecule has 0 heterocycles. The monoisotopic (exact) mass is 134 g/mol. The Hall–Kier alpha value is -0.440. The smallest absolute Gasteiger partial charge is 0.0260 e. The molecule has 2 bridgehead atoms. The van der Waals surface area contributed by atoms with Gasteiger partial charge in [-0.05, 0) is 17.8 Å². The van der Waals surface area contributed by atoms with Gasteiger partial charge < -0.3 is 0 Å². The lowest BCUT2D eigenvalue weighted by Crippen LogP contribution is -2.49. The quantitative estimate of drug-likeness (QED) is 0.446. The minimum absolute atomic E-state index is 0.532. The van der Waals surface area contributed by atoms with Crippen molar-refractivity contribution in [3.8, 4) is 11.8 Å². The molecule has 1 fully saturated rings. The minimum atomic E-state index is 0.532. The molecule has 0 aromatic heterocycles. The van der Waals surface area contributed by atoms with E-state index in [9.17, 15) is 0 Å². The summed E-state index contributed by atoms with van der Waals surface area (Å²) in [6.07, 6.45) is 1.36. The van der Waals surface area contributed by atoms with Gasteiger partial charge in [0.25, 0.3) is 0 Å². The number of hydrogen-bond donors (Lipinski definition) is 0. The van der Waals surface area contributed by atoms with E-state index in [0.717, 1.165) is 5.92 Å². The molecule has 0 heteroatoms. The molecule has 0 spiro atoms. The standard InChI is InChI=1S/C10H14/c1-7-4-5-8-6-9(7)10(8,2)3/h7-9H,6H2,1-3H3/t7?,8-,9+/m1/s1. The average Bonchev–Trinajstić information content (AvgIpc) is 1.87. The van der Waals surface area contributed by atoms with E-state index in [-0.39, 0.29) is 0 Å². The van der Waals surface area contributed by atoms with Crippen LogP contribution < -0.4 is 0 Å². The van der Waals surface area contributed by atoms with Gasteiger partial charge in [-0.15, -0.1) is 0 Å². The van der Waals surface area contributed by atoms with Gasteiger partial charge in [0.2, 0.25) is 0 Å². The lowest BCUT2D eigenvalue weighted by molar-refractivity contribution is -0.0130. The molecule has 3 aliphatic carbocycles. The van der Waals surface area contributed by atoms with Crippen LogP contribution in [-0.4, -0.2) is 0 Å². The maximum absolute atomic E-state index is 3.34. The summed E-state index contributed by atoms with van der Waals surface area (Å²) in [5, 5.41) is 0. The molecule has 1 unspecified atom stereocenters. The molecule has 54 valence electrons. The van der Waals surface area contributed by atoms with Gasteiger partial charge in [0.1, 0.15) is 0 Å². The summed E-state index contributed by atoms with van der Waals surface area (Å²) < 4.78 is 0. The van der Waals surface area contributed by atoms with Gasteiger partial charge >= 0.3 is 0 Å². The van der Waals surface area contributed by atoms with Crippen LogP contribution in [0.25, 0.3) is 0 Å². The summed E-state index contributed by atoms with van der Waals surface area (Å²) in [5.41, 5.74) is 0.532. The maximum Gasteiger partial charge on any atom is 0.0260 e. The second kappa shape index (κ2) is 1.59. The fraction of sp³-hybridized carbons (Fsp3) is 0.800. The van der Waals surface area contributed by atoms with Gasteiger partial charge in [0, 0.05) is 11.8 Å². The highest BCUT2D eigenvalue weighted by atomic mass is 14.5. The van der Waals surface area contributed by atoms with Crippen LogP contribution in [0.15, 0.2) is 0 Å². The highest BCUT2D eigenvalue weighted by molar-refractivity contribution is 5.24. The van der Waals surface area contributed by atoms with Crippen LogP contribution in [0.4, 0.5) is 0 Å². The van der Waals surface area contributed by atoms with Crippen LogP contribution in [0.3, 0.4) is 0 Å². The molecular weight excluding hydrogens is 120 g/mol. The van der Waals surface area contributed by atoms with Gasteiger partial charge in [-0.25, -0.2) is 0 Å². The second-order valence-corrected chi connectivity index (χ2v) is 4.29. The Morgan fingerprint density at radius 3 is 2.30 bits per heavy atom. The Bertz CT molecular complexity index is 214. The van der Waals surface area contributed by atoms with Gasteiger partial charge in [-0.3, -0.25) is 0 Å². The first-order valence-corrected chi connectivity index (χ1v) is 4.13. The Kier molecular flexibility index (Phi) is 0.997. The van der Waals surface area contributed by atoms with E-state index in [0.29, 0.717) is 17.3 Å². The predicted octanol–water partition coefficient (Wildman–Crippen LogP) is 2.30. The molecule has 1 saturated carbocycles. The van der Waals surface area contributed by atoms with Crippen molar-refractivity contribution in [3.63, 3.8) is 0 Å². The Morgan fingerprint density at radius 1 is 1.30 bits per heavy atom. The topological polar surface area (TPSA) is 0 Å². The van der Waals surface area contributed by atoms with Gasteiger partial charge in [-0.2, -0.15) is 0 Å². The number of fused-ring (bicyclic) bond motifs is 1. The summed E-state index contributed by atoms with van der Waals surface area (Å²) in [6, 6.07) is 0.